The first kappa shape index (κ1) is 41.3. The summed E-state index contributed by atoms with van der Waals surface area (Å²) in [5.41, 5.74) is -4.16. The molecule has 1 nitrogen and oxygen atoms in total. The highest BCUT2D eigenvalue weighted by atomic mass is 35.7. The summed E-state index contributed by atoms with van der Waals surface area (Å²) in [5.74, 6) is 0. The summed E-state index contributed by atoms with van der Waals surface area (Å²) in [5, 5.41) is 8.97. The fourth-order valence-corrected chi connectivity index (χ4v) is 38.8. The van der Waals surface area contributed by atoms with Crippen LogP contribution in [0.3, 0.4) is 0 Å². The zero-order chi connectivity index (χ0) is 41.2. The smallest absolute Gasteiger partial charge is 0.190 e. The van der Waals surface area contributed by atoms with E-state index in [0.717, 1.165) is 58.7 Å². The number of hydrogen-bond acceptors (Lipinski definition) is 2. The van der Waals surface area contributed by atoms with E-state index in [2.05, 4.69) is 229 Å². The molecule has 294 valence electrons. The molecule has 1 aliphatic heterocycles. The lowest BCUT2D eigenvalue weighted by Gasteiger charge is -2.50. The topological polar surface area (TPSA) is 3.24 Å². The summed E-state index contributed by atoms with van der Waals surface area (Å²) >= 11 is 31.8. The van der Waals surface area contributed by atoms with Crippen molar-refractivity contribution in [3.8, 4) is 0 Å². The largest absolute Gasteiger partial charge is 0.282 e. The fourth-order valence-electron chi connectivity index (χ4n) is 8.67. The highest BCUT2D eigenvalue weighted by Gasteiger charge is 2.63. The Kier molecular flexibility index (Phi) is 11.9. The first-order chi connectivity index (χ1) is 29.3. The van der Waals surface area contributed by atoms with Crippen molar-refractivity contribution in [3.63, 3.8) is 0 Å². The molecule has 0 fully saturated rings. The molecule has 9 heteroatoms. The second-order valence-corrected chi connectivity index (χ2v) is 33.1. The van der Waals surface area contributed by atoms with Gasteiger partial charge in [0, 0.05) is 16.3 Å². The second-order valence-electron chi connectivity index (χ2n) is 14.4. The van der Waals surface area contributed by atoms with Gasteiger partial charge in [-0.1, -0.05) is 228 Å². The molecule has 0 bridgehead atoms. The van der Waals surface area contributed by atoms with Gasteiger partial charge in [0.2, 0.25) is 0 Å². The van der Waals surface area contributed by atoms with Crippen molar-refractivity contribution in [1.82, 2.24) is 0 Å². The maximum Gasteiger partial charge on any atom is 0.190 e. The molecule has 1 aliphatic rings. The van der Waals surface area contributed by atoms with E-state index in [-0.39, 0.29) is 0 Å². The Labute approximate surface area is 374 Å². The molecule has 0 amide bonds. The zero-order valence-electron chi connectivity index (χ0n) is 32.4. The Morgan fingerprint density at radius 2 is 0.683 bits per heavy atom. The fraction of sp³-hybridized carbons (Fsp3) is 0. The Bertz CT molecular complexity index is 2740. The maximum absolute atomic E-state index is 8.65. The van der Waals surface area contributed by atoms with Crippen LogP contribution in [0.2, 0.25) is 0 Å². The van der Waals surface area contributed by atoms with Gasteiger partial charge in [-0.15, -0.1) is 0 Å². The van der Waals surface area contributed by atoms with E-state index in [1.807, 2.05) is 18.2 Å². The van der Waals surface area contributed by atoms with Crippen molar-refractivity contribution in [1.29, 1.82) is 0 Å². The zero-order valence-corrected chi connectivity index (χ0v) is 39.1. The Morgan fingerprint density at radius 1 is 0.383 bits per heavy atom. The Hall–Kier alpha value is -4.09. The molecule has 8 aromatic carbocycles. The Balaban J connectivity index is 1.70. The number of anilines is 1. The average Bonchev–Trinajstić information content (AvgIpc) is 3.30. The van der Waals surface area contributed by atoms with E-state index < -0.39 is 25.2 Å². The number of nitrogens with zero attached hydrogens (tertiary/aromatic N) is 1. The molecule has 8 aromatic rings. The van der Waals surface area contributed by atoms with Crippen LogP contribution in [0.5, 0.6) is 0 Å². The van der Waals surface area contributed by atoms with Gasteiger partial charge in [0.25, 0.3) is 0 Å². The van der Waals surface area contributed by atoms with E-state index in [9.17, 15) is 0 Å². The molecule has 0 aromatic heterocycles. The summed E-state index contributed by atoms with van der Waals surface area (Å²) in [6.45, 7) is -3.01. The molecule has 0 aliphatic carbocycles. The number of hydrogen-bond donors (Lipinski definition) is 0. The molecule has 0 spiro atoms. The van der Waals surface area contributed by atoms with Crippen LogP contribution in [-0.2, 0) is 23.6 Å². The van der Waals surface area contributed by atoms with E-state index >= 15 is 0 Å². The van der Waals surface area contributed by atoms with Crippen LogP contribution in [-0.4, -0.2) is 5.03 Å². The number of halogens is 2. The highest BCUT2D eigenvalue weighted by Crippen LogP contribution is 2.91. The molecule has 0 saturated heterocycles. The molecule has 0 radical (unpaired) electrons. The van der Waals surface area contributed by atoms with Crippen LogP contribution in [0.4, 0.5) is 5.69 Å². The first-order valence-electron chi connectivity index (χ1n) is 19.6. The molecule has 0 N–H and O–H groups in total. The predicted octanol–water partition coefficient (Wildman–Crippen LogP) is 13.1. The van der Waals surface area contributed by atoms with Crippen LogP contribution < -0.4 is 36.3 Å². The van der Waals surface area contributed by atoms with Crippen molar-refractivity contribution >= 4 is 119 Å². The lowest BCUT2D eigenvalue weighted by atomic mass is 10.1. The van der Waals surface area contributed by atoms with Crippen LogP contribution in [0.1, 0.15) is 5.56 Å². The van der Waals surface area contributed by atoms with Gasteiger partial charge in [-0.05, 0) is 88.7 Å². The number of rotatable bonds is 9. The lowest BCUT2D eigenvalue weighted by Crippen LogP contribution is -2.38. The van der Waals surface area contributed by atoms with Crippen molar-refractivity contribution in [3.05, 3.63) is 253 Å². The van der Waals surface area contributed by atoms with Gasteiger partial charge in [-0.25, -0.2) is 0 Å². The van der Waals surface area contributed by atoms with Gasteiger partial charge in [-0.2, -0.15) is 0 Å². The average molecular weight is 926 g/mol. The minimum Gasteiger partial charge on any atom is -0.282 e. The van der Waals surface area contributed by atoms with Crippen LogP contribution >= 0.6 is 47.7 Å². The molecule has 2 unspecified atom stereocenters. The van der Waals surface area contributed by atoms with Crippen molar-refractivity contribution in [2.24, 2.45) is 0 Å². The molecule has 1 heterocycles. The van der Waals surface area contributed by atoms with Crippen LogP contribution in [0, 0.1) is 0 Å². The number of para-hydroxylation sites is 1. The first-order valence-corrected chi connectivity index (χ1v) is 30.5. The van der Waals surface area contributed by atoms with Gasteiger partial charge in [0.05, 0.1) is 0 Å². The normalized spacial score (nSPS) is 18.3. The lowest BCUT2D eigenvalue weighted by molar-refractivity contribution is 1.58. The standard InChI is InChI=1S/C51H40Cl2NP4S2/c52-57(59)50(55(43-29-13-3-14-30-43,44-31-15-4-16-32-44)45-33-17-5-18-34-45)49(41-25-9-1-10-26-41)51(58(53,60)54(57)42-27-11-2-12-28-42)56(46-35-19-6-20-36-46,47-37-21-7-22-38-47)48-39-23-8-24-40-48/h1-40H/q+1. The number of benzene rings is 8. The summed E-state index contributed by atoms with van der Waals surface area (Å²) in [7, 11) is -3.01. The van der Waals surface area contributed by atoms with Crippen molar-refractivity contribution in [2.45, 2.75) is 0 Å². The quantitative estimate of drug-likeness (QED) is 0.133. The third-order valence-corrected chi connectivity index (χ3v) is 34.1. The second kappa shape index (κ2) is 17.3. The minimum absolute atomic E-state index is 0.829. The highest BCUT2D eigenvalue weighted by molar-refractivity contribution is 8.49. The van der Waals surface area contributed by atoms with E-state index in [1.54, 1.807) is 0 Å². The summed E-state index contributed by atoms with van der Waals surface area (Å²) < 4.78 is 2.18. The third kappa shape index (κ3) is 6.90. The Morgan fingerprint density at radius 3 is 1.03 bits per heavy atom. The van der Waals surface area contributed by atoms with Gasteiger partial charge in [0.1, 0.15) is 23.2 Å². The molecular weight excluding hydrogens is 886 g/mol. The molecule has 9 rings (SSSR count). The van der Waals surface area contributed by atoms with Gasteiger partial charge >= 0.3 is 0 Å². The molecule has 60 heavy (non-hydrogen) atoms. The third-order valence-electron chi connectivity index (χ3n) is 11.0. The van der Waals surface area contributed by atoms with E-state index in [1.165, 1.54) is 0 Å². The van der Waals surface area contributed by atoms with Crippen LogP contribution in [0.15, 0.2) is 248 Å². The van der Waals surface area contributed by atoms with Crippen molar-refractivity contribution in [2.75, 3.05) is 4.44 Å². The monoisotopic (exact) mass is 924 g/mol. The predicted molar refractivity (Wildman–Crippen MR) is 278 cm³/mol. The van der Waals surface area contributed by atoms with Crippen LogP contribution in [0.25, 0.3) is 5.57 Å². The molecular formula is C51H40Cl2NP4S2+. The van der Waals surface area contributed by atoms with Gasteiger partial charge < -0.3 is 0 Å². The minimum atomic E-state index is -3.49. The van der Waals surface area contributed by atoms with Gasteiger partial charge in [0.15, 0.2) is 16.1 Å². The SMILES string of the molecule is S=P1(Cl)C([P+](c2ccccc2)(c2ccccc2)c2ccccc2)=C(c2ccccc2)C(=P(c2ccccc2)(c2ccccc2)c2ccccc2)P(=S)(Cl)N1c1ccccc1. The molecule has 2 atom stereocenters. The maximum atomic E-state index is 8.65. The van der Waals surface area contributed by atoms with E-state index in [0.29, 0.717) is 0 Å². The summed E-state index contributed by atoms with van der Waals surface area (Å²) in [6.07, 6.45) is 0. The van der Waals surface area contributed by atoms with Gasteiger partial charge in [-0.3, -0.25) is 4.44 Å². The number of allylic oxidation sites excluding steroid dienone is 1. The summed E-state index contributed by atoms with van der Waals surface area (Å²) in [4.78, 5) is 0. The van der Waals surface area contributed by atoms with Crippen molar-refractivity contribution < 1.29 is 0 Å². The summed E-state index contributed by atoms with van der Waals surface area (Å²) in [6, 6.07) is 86.3. The molecule has 0 saturated carbocycles. The van der Waals surface area contributed by atoms with E-state index in [4.69, 9.17) is 46.1 Å².